The van der Waals surface area contributed by atoms with Gasteiger partial charge in [-0.25, -0.2) is 0 Å². The zero-order valence-electron chi connectivity index (χ0n) is 13.2. The van der Waals surface area contributed by atoms with Crippen LogP contribution in [0, 0.1) is 17.2 Å². The van der Waals surface area contributed by atoms with Crippen molar-refractivity contribution in [3.05, 3.63) is 30.0 Å². The number of aromatic nitrogens is 1. The molecule has 1 fully saturated rings. The first kappa shape index (κ1) is 15.4. The number of carbonyl (C=O) groups excluding carboxylic acids is 1. The van der Waals surface area contributed by atoms with Crippen LogP contribution in [0.2, 0.25) is 0 Å². The monoisotopic (exact) mass is 312 g/mol. The van der Waals surface area contributed by atoms with E-state index in [1.165, 1.54) is 0 Å². The second-order valence-electron chi connectivity index (χ2n) is 5.95. The van der Waals surface area contributed by atoms with Gasteiger partial charge in [-0.15, -0.1) is 0 Å². The molecule has 1 aromatic carbocycles. The van der Waals surface area contributed by atoms with Crippen LogP contribution in [0.5, 0.6) is 5.75 Å². The van der Waals surface area contributed by atoms with E-state index >= 15 is 0 Å². The molecule has 0 unspecified atom stereocenters. The normalized spacial score (nSPS) is 20.9. The number of hydrogen-bond acceptors (Lipinski definition) is 4. The van der Waals surface area contributed by atoms with Gasteiger partial charge in [0, 0.05) is 17.1 Å². The summed E-state index contributed by atoms with van der Waals surface area (Å²) in [5.74, 6) is 0.306. The average molecular weight is 312 g/mol. The number of ether oxygens (including phenoxy) is 2. The number of esters is 1. The van der Waals surface area contributed by atoms with E-state index in [2.05, 4.69) is 11.1 Å². The Hall–Kier alpha value is -2.48. The third kappa shape index (κ3) is 3.31. The minimum atomic E-state index is -0.277. The Labute approximate surface area is 135 Å². The summed E-state index contributed by atoms with van der Waals surface area (Å²) in [6.45, 7) is 0. The lowest BCUT2D eigenvalue weighted by Crippen LogP contribution is -2.29. The second-order valence-corrected chi connectivity index (χ2v) is 5.95. The minimum absolute atomic E-state index is 0.171. The number of nitrogens with zero attached hydrogens (tertiary/aromatic N) is 1. The van der Waals surface area contributed by atoms with Gasteiger partial charge in [-0.3, -0.25) is 4.79 Å². The van der Waals surface area contributed by atoms with Crippen molar-refractivity contribution in [1.82, 2.24) is 4.98 Å². The van der Waals surface area contributed by atoms with Crippen molar-refractivity contribution in [2.75, 3.05) is 7.11 Å². The lowest BCUT2D eigenvalue weighted by molar-refractivity contribution is -0.151. The highest BCUT2D eigenvalue weighted by Gasteiger charge is 2.28. The van der Waals surface area contributed by atoms with Gasteiger partial charge < -0.3 is 14.5 Å². The maximum absolute atomic E-state index is 12.3. The van der Waals surface area contributed by atoms with E-state index < -0.39 is 0 Å². The highest BCUT2D eigenvalue weighted by molar-refractivity contribution is 5.88. The van der Waals surface area contributed by atoms with Crippen LogP contribution in [0.1, 0.15) is 31.2 Å². The molecule has 0 amide bonds. The van der Waals surface area contributed by atoms with Crippen molar-refractivity contribution in [3.63, 3.8) is 0 Å². The van der Waals surface area contributed by atoms with Crippen molar-refractivity contribution in [2.24, 2.45) is 5.92 Å². The van der Waals surface area contributed by atoms with Gasteiger partial charge in [0.2, 0.25) is 0 Å². The van der Waals surface area contributed by atoms with Crippen LogP contribution < -0.4 is 4.74 Å². The van der Waals surface area contributed by atoms with Crippen molar-refractivity contribution >= 4 is 16.9 Å². The Morgan fingerprint density at radius 2 is 2.22 bits per heavy atom. The van der Waals surface area contributed by atoms with Crippen LogP contribution in [0.4, 0.5) is 0 Å². The highest BCUT2D eigenvalue weighted by Crippen LogP contribution is 2.28. The van der Waals surface area contributed by atoms with Gasteiger partial charge in [-0.05, 0) is 43.0 Å². The summed E-state index contributed by atoms with van der Waals surface area (Å²) in [5, 5.41) is 10.1. The number of nitrogens with one attached hydrogen (secondary N) is 1. The number of carbonyl (C=O) groups is 1. The Morgan fingerprint density at radius 3 is 3.00 bits per heavy atom. The van der Waals surface area contributed by atoms with Gasteiger partial charge in [0.05, 0.1) is 25.5 Å². The zero-order valence-corrected chi connectivity index (χ0v) is 13.2. The first-order chi connectivity index (χ1) is 11.2. The number of hydrogen-bond donors (Lipinski definition) is 1. The van der Waals surface area contributed by atoms with Gasteiger partial charge in [0.25, 0.3) is 0 Å². The molecule has 1 aromatic heterocycles. The van der Waals surface area contributed by atoms with Crippen molar-refractivity contribution in [3.8, 4) is 11.8 Å². The van der Waals surface area contributed by atoms with Gasteiger partial charge in [-0.2, -0.15) is 5.26 Å². The zero-order chi connectivity index (χ0) is 16.2. The molecule has 1 N–H and O–H groups in total. The number of H-pyrrole nitrogens is 1. The molecular weight excluding hydrogens is 292 g/mol. The lowest BCUT2D eigenvalue weighted by atomic mass is 9.87. The van der Waals surface area contributed by atoms with E-state index in [1.807, 2.05) is 24.4 Å². The molecule has 2 aromatic rings. The molecule has 1 aliphatic carbocycles. The summed E-state index contributed by atoms with van der Waals surface area (Å²) in [4.78, 5) is 15.4. The minimum Gasteiger partial charge on any atom is -0.497 e. The summed E-state index contributed by atoms with van der Waals surface area (Å²) < 4.78 is 10.8. The van der Waals surface area contributed by atoms with Gasteiger partial charge in [0.15, 0.2) is 0 Å². The fourth-order valence-corrected chi connectivity index (χ4v) is 3.18. The van der Waals surface area contributed by atoms with Gasteiger partial charge in [-0.1, -0.05) is 6.42 Å². The van der Waals surface area contributed by atoms with E-state index in [0.29, 0.717) is 0 Å². The summed E-state index contributed by atoms with van der Waals surface area (Å²) in [5.41, 5.74) is 1.84. The number of benzene rings is 1. The third-order valence-electron chi connectivity index (χ3n) is 4.46. The van der Waals surface area contributed by atoms with Gasteiger partial charge >= 0.3 is 5.97 Å². The maximum atomic E-state index is 12.3. The molecular formula is C18H20N2O3. The molecule has 1 saturated carbocycles. The van der Waals surface area contributed by atoms with Crippen LogP contribution >= 0.6 is 0 Å². The molecule has 5 heteroatoms. The molecule has 5 nitrogen and oxygen atoms in total. The molecule has 0 aliphatic heterocycles. The van der Waals surface area contributed by atoms with E-state index in [-0.39, 0.29) is 24.4 Å². The molecule has 0 radical (unpaired) electrons. The number of fused-ring (bicyclic) bond motifs is 1. The molecule has 1 aliphatic rings. The fourth-order valence-electron chi connectivity index (χ4n) is 3.18. The van der Waals surface area contributed by atoms with Crippen LogP contribution in [0.3, 0.4) is 0 Å². The van der Waals surface area contributed by atoms with Gasteiger partial charge in [0.1, 0.15) is 11.9 Å². The highest BCUT2D eigenvalue weighted by atomic mass is 16.5. The SMILES string of the molecule is COc1ccc2[nH]cc(CC(=O)O[C@@H]3CCCC[C@H]3C#N)c2c1. The molecule has 3 rings (SSSR count). The molecule has 0 spiro atoms. The summed E-state index contributed by atoms with van der Waals surface area (Å²) >= 11 is 0. The summed E-state index contributed by atoms with van der Waals surface area (Å²) in [6.07, 6.45) is 5.41. The van der Waals surface area contributed by atoms with Crippen LogP contribution in [0.15, 0.2) is 24.4 Å². The summed E-state index contributed by atoms with van der Waals surface area (Å²) in [7, 11) is 1.62. The number of rotatable bonds is 4. The first-order valence-electron chi connectivity index (χ1n) is 7.94. The van der Waals surface area contributed by atoms with E-state index in [1.54, 1.807) is 7.11 Å². The van der Waals surface area contributed by atoms with E-state index in [0.717, 1.165) is 47.9 Å². The topological polar surface area (TPSA) is 75.1 Å². The number of nitriles is 1. The van der Waals surface area contributed by atoms with E-state index in [9.17, 15) is 4.79 Å². The molecule has 0 bridgehead atoms. The Balaban J connectivity index is 1.71. The predicted molar refractivity (Wildman–Crippen MR) is 86.0 cm³/mol. The molecule has 1 heterocycles. The van der Waals surface area contributed by atoms with Crippen molar-refractivity contribution in [2.45, 2.75) is 38.2 Å². The summed E-state index contributed by atoms with van der Waals surface area (Å²) in [6, 6.07) is 7.97. The van der Waals surface area contributed by atoms with Crippen molar-refractivity contribution in [1.29, 1.82) is 5.26 Å². The van der Waals surface area contributed by atoms with Crippen LogP contribution in [-0.2, 0) is 16.0 Å². The van der Waals surface area contributed by atoms with Crippen molar-refractivity contribution < 1.29 is 14.3 Å². The average Bonchev–Trinajstić information content (AvgIpc) is 2.97. The first-order valence-corrected chi connectivity index (χ1v) is 7.94. The Morgan fingerprint density at radius 1 is 1.39 bits per heavy atom. The Bertz CT molecular complexity index is 744. The number of methoxy groups -OCH3 is 1. The maximum Gasteiger partial charge on any atom is 0.310 e. The molecule has 2 atom stereocenters. The molecule has 23 heavy (non-hydrogen) atoms. The van der Waals surface area contributed by atoms with Crippen LogP contribution in [-0.4, -0.2) is 24.2 Å². The Kier molecular flexibility index (Phi) is 4.52. The lowest BCUT2D eigenvalue weighted by Gasteiger charge is -2.26. The predicted octanol–water partition coefficient (Wildman–Crippen LogP) is 3.34. The third-order valence-corrected chi connectivity index (χ3v) is 4.46. The van der Waals surface area contributed by atoms with Crippen LogP contribution in [0.25, 0.3) is 10.9 Å². The smallest absolute Gasteiger partial charge is 0.310 e. The second kappa shape index (κ2) is 6.74. The quantitative estimate of drug-likeness (QED) is 0.879. The molecule has 0 saturated heterocycles. The number of aromatic amines is 1. The standard InChI is InChI=1S/C18H20N2O3/c1-22-14-6-7-16-15(9-14)13(11-20-16)8-18(21)23-17-5-3-2-4-12(17)10-19/h6-7,9,11-12,17,20H,2-5,8H2,1H3/t12-,17+/m0/s1. The molecule has 120 valence electrons. The largest absolute Gasteiger partial charge is 0.497 e. The fraction of sp³-hybridized carbons (Fsp3) is 0.444. The van der Waals surface area contributed by atoms with E-state index in [4.69, 9.17) is 14.7 Å².